The van der Waals surface area contributed by atoms with Gasteiger partial charge >= 0.3 is 6.09 Å². The average molecular weight is 344 g/mol. The molecule has 1 N–H and O–H groups in total. The Balaban J connectivity index is 0.000000701. The summed E-state index contributed by atoms with van der Waals surface area (Å²) >= 11 is 0. The molecule has 1 amide bonds. The Bertz CT molecular complexity index is 692. The number of aryl methyl sites for hydroxylation is 1. The monoisotopic (exact) mass is 344 g/mol. The third kappa shape index (κ3) is 5.10. The van der Waals surface area contributed by atoms with Gasteiger partial charge in [0.05, 0.1) is 12.6 Å². The van der Waals surface area contributed by atoms with Crippen molar-refractivity contribution in [1.29, 1.82) is 0 Å². The molecule has 134 valence electrons. The number of hydrogen-bond donors (Lipinski definition) is 1. The molecule has 2 aromatic heterocycles. The van der Waals surface area contributed by atoms with Crippen molar-refractivity contribution in [3.63, 3.8) is 0 Å². The topological polar surface area (TPSA) is 93.1 Å². The van der Waals surface area contributed by atoms with E-state index in [2.05, 4.69) is 39.1 Å². The van der Waals surface area contributed by atoms with Crippen molar-refractivity contribution < 1.29 is 9.53 Å². The van der Waals surface area contributed by atoms with Gasteiger partial charge in [0, 0.05) is 18.6 Å². The lowest BCUT2D eigenvalue weighted by Gasteiger charge is -2.15. The van der Waals surface area contributed by atoms with Crippen molar-refractivity contribution in [3.05, 3.63) is 36.0 Å². The second kappa shape index (κ2) is 8.91. The molecule has 0 aliphatic carbocycles. The fraction of sp³-hybridized carbons (Fsp3) is 0.471. The maximum absolute atomic E-state index is 11.6. The van der Waals surface area contributed by atoms with Gasteiger partial charge in [-0.1, -0.05) is 20.3 Å². The minimum atomic E-state index is -0.389. The number of aromatic nitrogens is 4. The summed E-state index contributed by atoms with van der Waals surface area (Å²) in [6.07, 6.45) is 5.98. The number of nitrogens with zero attached hydrogens (tertiary/aromatic N) is 5. The van der Waals surface area contributed by atoms with Gasteiger partial charge < -0.3 is 10.1 Å². The highest BCUT2D eigenvalue weighted by Gasteiger charge is 2.25. The van der Waals surface area contributed by atoms with Crippen LogP contribution in [0.2, 0.25) is 0 Å². The molecule has 3 rings (SSSR count). The molecule has 0 aromatic carbocycles. The van der Waals surface area contributed by atoms with Gasteiger partial charge in [-0.25, -0.2) is 19.7 Å². The van der Waals surface area contributed by atoms with Gasteiger partial charge in [0.25, 0.3) is 0 Å². The first kappa shape index (κ1) is 18.6. The zero-order valence-electron chi connectivity index (χ0n) is 15.1. The van der Waals surface area contributed by atoms with Crippen LogP contribution >= 0.6 is 0 Å². The summed E-state index contributed by atoms with van der Waals surface area (Å²) in [7, 11) is 0. The summed E-state index contributed by atoms with van der Waals surface area (Å²) in [6, 6.07) is 1.52. The van der Waals surface area contributed by atoms with Crippen LogP contribution in [-0.4, -0.2) is 39.2 Å². The maximum atomic E-state index is 11.6. The van der Waals surface area contributed by atoms with E-state index in [1.807, 2.05) is 13.8 Å². The fourth-order valence-electron chi connectivity index (χ4n) is 2.05. The van der Waals surface area contributed by atoms with E-state index in [1.54, 1.807) is 24.7 Å². The molecular weight excluding hydrogens is 320 g/mol. The number of anilines is 2. The molecule has 0 unspecified atom stereocenters. The van der Waals surface area contributed by atoms with Crippen LogP contribution in [0.25, 0.3) is 0 Å². The van der Waals surface area contributed by atoms with Crippen molar-refractivity contribution in [2.75, 3.05) is 23.4 Å². The molecule has 0 radical (unpaired) electrons. The first-order valence-electron chi connectivity index (χ1n) is 8.37. The molecule has 25 heavy (non-hydrogen) atoms. The minimum absolute atomic E-state index is 0.152. The van der Waals surface area contributed by atoms with Crippen LogP contribution < -0.4 is 10.2 Å². The van der Waals surface area contributed by atoms with E-state index in [0.29, 0.717) is 30.7 Å². The Morgan fingerprint density at radius 1 is 1.28 bits per heavy atom. The average Bonchev–Trinajstić information content (AvgIpc) is 3.02. The van der Waals surface area contributed by atoms with Crippen LogP contribution in [0, 0.1) is 6.92 Å². The predicted octanol–water partition coefficient (Wildman–Crippen LogP) is 3.12. The number of nitrogens with one attached hydrogen (secondary N) is 1. The van der Waals surface area contributed by atoms with E-state index in [-0.39, 0.29) is 12.1 Å². The minimum Gasteiger partial charge on any atom is -0.447 e. The van der Waals surface area contributed by atoms with Gasteiger partial charge in [-0.2, -0.15) is 4.98 Å². The number of rotatable bonds is 4. The van der Waals surface area contributed by atoms with Gasteiger partial charge in [0.2, 0.25) is 5.95 Å². The second-order valence-corrected chi connectivity index (χ2v) is 5.70. The van der Waals surface area contributed by atoms with Crippen LogP contribution in [0.15, 0.2) is 24.7 Å². The summed E-state index contributed by atoms with van der Waals surface area (Å²) in [5.41, 5.74) is 1.00. The van der Waals surface area contributed by atoms with Crippen molar-refractivity contribution in [2.24, 2.45) is 0 Å². The molecular formula is C17H24N6O2. The number of amides is 1. The van der Waals surface area contributed by atoms with E-state index in [1.165, 1.54) is 11.3 Å². The Kier molecular flexibility index (Phi) is 6.62. The van der Waals surface area contributed by atoms with Crippen LogP contribution in [0.1, 0.15) is 44.6 Å². The highest BCUT2D eigenvalue weighted by Crippen LogP contribution is 2.18. The summed E-state index contributed by atoms with van der Waals surface area (Å²) in [5.74, 6) is 1.58. The predicted molar refractivity (Wildman–Crippen MR) is 95.5 cm³/mol. The molecule has 2 aromatic rings. The first-order chi connectivity index (χ1) is 12.0. The maximum Gasteiger partial charge on any atom is 0.415 e. The van der Waals surface area contributed by atoms with Crippen molar-refractivity contribution >= 4 is 17.9 Å². The molecule has 1 saturated heterocycles. The number of carbonyl (C=O) groups is 1. The van der Waals surface area contributed by atoms with Crippen LogP contribution in [0.3, 0.4) is 0 Å². The van der Waals surface area contributed by atoms with Crippen molar-refractivity contribution in [3.8, 4) is 0 Å². The molecule has 0 bridgehead atoms. The van der Waals surface area contributed by atoms with Crippen LogP contribution in [-0.2, 0) is 4.74 Å². The van der Waals surface area contributed by atoms with Gasteiger partial charge in [-0.15, -0.1) is 0 Å². The van der Waals surface area contributed by atoms with Gasteiger partial charge in [-0.3, -0.25) is 4.90 Å². The zero-order valence-corrected chi connectivity index (χ0v) is 15.1. The molecule has 1 fully saturated rings. The molecule has 0 spiro atoms. The Hall–Kier alpha value is -2.77. The van der Waals surface area contributed by atoms with E-state index < -0.39 is 0 Å². The second-order valence-electron chi connectivity index (χ2n) is 5.70. The lowest BCUT2D eigenvalue weighted by atomic mass is 10.3. The Labute approximate surface area is 147 Å². The molecule has 8 nitrogen and oxygen atoms in total. The standard InChI is InChI=1S/C14H16N6O2.C3H8/c1-9-7-16-12(17-8-9)10(2)18-13-15-4-3-11(19-13)20-5-6-22-14(20)21;1-3-2/h3-4,7-8,10H,5-6H2,1-2H3,(H,15,18,19);3H2,1-2H3/t10-;/m0./s1. The molecule has 8 heteroatoms. The molecule has 1 aliphatic rings. The van der Waals surface area contributed by atoms with Gasteiger partial charge in [-0.05, 0) is 25.5 Å². The zero-order chi connectivity index (χ0) is 18.2. The lowest BCUT2D eigenvalue weighted by Crippen LogP contribution is -2.25. The number of carbonyl (C=O) groups excluding carboxylic acids is 1. The normalized spacial score (nSPS) is 14.4. The number of ether oxygens (including phenoxy) is 1. The third-order valence-electron chi connectivity index (χ3n) is 3.21. The van der Waals surface area contributed by atoms with E-state index in [9.17, 15) is 4.79 Å². The van der Waals surface area contributed by atoms with E-state index in [4.69, 9.17) is 4.74 Å². The fourth-order valence-corrected chi connectivity index (χ4v) is 2.05. The summed E-state index contributed by atoms with van der Waals surface area (Å²) in [6.45, 7) is 8.97. The van der Waals surface area contributed by atoms with Crippen molar-refractivity contribution in [1.82, 2.24) is 19.9 Å². The molecule has 1 atom stereocenters. The molecule has 1 aliphatic heterocycles. The van der Waals surface area contributed by atoms with E-state index >= 15 is 0 Å². The number of cyclic esters (lactones) is 1. The number of hydrogen-bond acceptors (Lipinski definition) is 7. The Morgan fingerprint density at radius 3 is 2.56 bits per heavy atom. The van der Waals surface area contributed by atoms with Crippen LogP contribution in [0.5, 0.6) is 0 Å². The third-order valence-corrected chi connectivity index (χ3v) is 3.21. The highest BCUT2D eigenvalue weighted by atomic mass is 16.6. The summed E-state index contributed by atoms with van der Waals surface area (Å²) in [5, 5.41) is 3.13. The van der Waals surface area contributed by atoms with Crippen molar-refractivity contribution in [2.45, 2.75) is 40.2 Å². The lowest BCUT2D eigenvalue weighted by molar-refractivity contribution is 0.181. The largest absolute Gasteiger partial charge is 0.447 e. The summed E-state index contributed by atoms with van der Waals surface area (Å²) < 4.78 is 4.91. The molecule has 3 heterocycles. The molecule has 0 saturated carbocycles. The smallest absolute Gasteiger partial charge is 0.415 e. The van der Waals surface area contributed by atoms with E-state index in [0.717, 1.165) is 5.56 Å². The highest BCUT2D eigenvalue weighted by molar-refractivity contribution is 5.88. The van der Waals surface area contributed by atoms with Gasteiger partial charge in [0.15, 0.2) is 0 Å². The SMILES string of the molecule is CCC.Cc1cnc([C@H](C)Nc2nccc(N3CCOC3=O)n2)nc1. The first-order valence-corrected chi connectivity index (χ1v) is 8.37. The Morgan fingerprint density at radius 2 is 1.96 bits per heavy atom. The quantitative estimate of drug-likeness (QED) is 0.910. The summed E-state index contributed by atoms with van der Waals surface area (Å²) in [4.78, 5) is 30.1. The van der Waals surface area contributed by atoms with Gasteiger partial charge in [0.1, 0.15) is 18.2 Å². The van der Waals surface area contributed by atoms with Crippen LogP contribution in [0.4, 0.5) is 16.6 Å².